The quantitative estimate of drug-likeness (QED) is 0.819. The number of nitrogens with zero attached hydrogens (tertiary/aromatic N) is 1. The van der Waals surface area contributed by atoms with Crippen molar-refractivity contribution in [1.82, 2.24) is 4.31 Å². The van der Waals surface area contributed by atoms with Gasteiger partial charge in [0.1, 0.15) is 4.90 Å². The van der Waals surface area contributed by atoms with E-state index in [-0.39, 0.29) is 36.8 Å². The smallest absolute Gasteiger partial charge is 0.245 e. The van der Waals surface area contributed by atoms with Crippen molar-refractivity contribution < 1.29 is 23.0 Å². The third-order valence-corrected chi connectivity index (χ3v) is 7.34. The van der Waals surface area contributed by atoms with Crippen molar-refractivity contribution in [2.45, 2.75) is 23.7 Å². The summed E-state index contributed by atoms with van der Waals surface area (Å²) in [7, 11) is -0.541. The molecular weight excluding hydrogens is 370 g/mol. The monoisotopic (exact) mass is 385 g/mol. The summed E-state index contributed by atoms with van der Waals surface area (Å²) in [5.41, 5.74) is 0. The normalized spacial score (nSPS) is 24.4. The summed E-state index contributed by atoms with van der Waals surface area (Å²) in [6, 6.07) is 1.49. The van der Waals surface area contributed by atoms with E-state index in [9.17, 15) is 8.42 Å². The van der Waals surface area contributed by atoms with Gasteiger partial charge in [-0.1, -0.05) is 0 Å². The highest BCUT2D eigenvalue weighted by molar-refractivity contribution is 9.11. The lowest BCUT2D eigenvalue weighted by Gasteiger charge is -2.15. The lowest BCUT2D eigenvalue weighted by atomic mass is 10.3. The van der Waals surface area contributed by atoms with E-state index >= 15 is 0 Å². The highest BCUT2D eigenvalue weighted by Gasteiger charge is 2.40. The van der Waals surface area contributed by atoms with Crippen molar-refractivity contribution in [3.63, 3.8) is 0 Å². The van der Waals surface area contributed by atoms with Crippen LogP contribution in [0.3, 0.4) is 0 Å². The van der Waals surface area contributed by atoms with Gasteiger partial charge in [-0.15, -0.1) is 11.3 Å². The van der Waals surface area contributed by atoms with Crippen LogP contribution in [0.2, 0.25) is 0 Å². The van der Waals surface area contributed by atoms with Gasteiger partial charge in [-0.25, -0.2) is 8.42 Å². The molecule has 6 nitrogen and oxygen atoms in total. The number of sulfonamides is 1. The Balaban J connectivity index is 2.29. The van der Waals surface area contributed by atoms with Crippen LogP contribution in [-0.4, -0.2) is 57.3 Å². The molecule has 0 spiro atoms. The summed E-state index contributed by atoms with van der Waals surface area (Å²) in [5.74, 6) is 0. The van der Waals surface area contributed by atoms with Crippen LogP contribution in [0.1, 0.15) is 4.88 Å². The fourth-order valence-electron chi connectivity index (χ4n) is 2.15. The topological polar surface area (TPSA) is 76.1 Å². The minimum absolute atomic E-state index is 0.179. The Bertz CT molecular complexity index is 561. The third-order valence-electron chi connectivity index (χ3n) is 3.27. The van der Waals surface area contributed by atoms with E-state index in [0.717, 1.165) is 0 Å². The second kappa shape index (κ2) is 6.39. The summed E-state index contributed by atoms with van der Waals surface area (Å²) in [4.78, 5) is 0.777. The summed E-state index contributed by atoms with van der Waals surface area (Å²) in [6.45, 7) is 0.336. The third kappa shape index (κ3) is 2.94. The summed E-state index contributed by atoms with van der Waals surface area (Å²) < 4.78 is 37.6. The Labute approximate surface area is 130 Å². The Hall–Kier alpha value is -0.0300. The Morgan fingerprint density at radius 3 is 2.35 bits per heavy atom. The molecule has 2 rings (SSSR count). The van der Waals surface area contributed by atoms with Gasteiger partial charge in [0, 0.05) is 32.2 Å². The van der Waals surface area contributed by atoms with Gasteiger partial charge in [-0.2, -0.15) is 4.31 Å². The van der Waals surface area contributed by atoms with Crippen LogP contribution < -0.4 is 0 Å². The first-order chi connectivity index (χ1) is 9.43. The van der Waals surface area contributed by atoms with Crippen LogP contribution in [0.15, 0.2) is 14.7 Å². The zero-order valence-electron chi connectivity index (χ0n) is 11.1. The van der Waals surface area contributed by atoms with E-state index in [4.69, 9.17) is 14.6 Å². The molecule has 0 amide bonds. The zero-order chi connectivity index (χ0) is 14.9. The second-order valence-electron chi connectivity index (χ2n) is 4.38. The standard InChI is InChI=1S/C11H16BrNO5S2/c1-17-8-4-13(5-9(8)18-2)20(15,16)10-3-7(6-14)19-11(10)12/h3,8-9,14H,4-6H2,1-2H3. The summed E-state index contributed by atoms with van der Waals surface area (Å²) in [6.07, 6.45) is -0.547. The minimum Gasteiger partial charge on any atom is -0.391 e. The predicted octanol–water partition coefficient (Wildman–Crippen LogP) is 1.04. The average molecular weight is 386 g/mol. The molecule has 1 N–H and O–H groups in total. The second-order valence-corrected chi connectivity index (χ2v) is 8.74. The van der Waals surface area contributed by atoms with Crippen molar-refractivity contribution in [2.24, 2.45) is 0 Å². The fourth-order valence-corrected chi connectivity index (χ4v) is 6.11. The van der Waals surface area contributed by atoms with E-state index < -0.39 is 10.0 Å². The maximum atomic E-state index is 12.6. The Kier molecular flexibility index (Phi) is 5.22. The van der Waals surface area contributed by atoms with Crippen molar-refractivity contribution in [3.05, 3.63) is 14.7 Å². The summed E-state index contributed by atoms with van der Waals surface area (Å²) >= 11 is 4.46. The van der Waals surface area contributed by atoms with Gasteiger partial charge in [-0.05, 0) is 22.0 Å². The number of ether oxygens (including phenoxy) is 2. The first-order valence-corrected chi connectivity index (χ1v) is 8.93. The molecule has 0 aliphatic carbocycles. The van der Waals surface area contributed by atoms with Crippen molar-refractivity contribution in [2.75, 3.05) is 27.3 Å². The molecule has 2 atom stereocenters. The highest BCUT2D eigenvalue weighted by atomic mass is 79.9. The Morgan fingerprint density at radius 1 is 1.40 bits per heavy atom. The number of hydrogen-bond donors (Lipinski definition) is 1. The number of hydrogen-bond acceptors (Lipinski definition) is 6. The lowest BCUT2D eigenvalue weighted by Crippen LogP contribution is -2.30. The van der Waals surface area contributed by atoms with Gasteiger partial charge in [0.2, 0.25) is 10.0 Å². The van der Waals surface area contributed by atoms with E-state index in [2.05, 4.69) is 15.9 Å². The van der Waals surface area contributed by atoms with Gasteiger partial charge in [0.15, 0.2) is 0 Å². The largest absolute Gasteiger partial charge is 0.391 e. The molecule has 20 heavy (non-hydrogen) atoms. The number of aliphatic hydroxyl groups is 1. The first kappa shape index (κ1) is 16.3. The van der Waals surface area contributed by atoms with Crippen LogP contribution in [-0.2, 0) is 26.1 Å². The lowest BCUT2D eigenvalue weighted by molar-refractivity contribution is -0.00461. The number of halogens is 1. The van der Waals surface area contributed by atoms with Gasteiger partial charge in [-0.3, -0.25) is 0 Å². The molecule has 0 aromatic carbocycles. The van der Waals surface area contributed by atoms with Crippen molar-refractivity contribution >= 4 is 37.3 Å². The molecule has 1 saturated heterocycles. The first-order valence-electron chi connectivity index (χ1n) is 5.88. The van der Waals surface area contributed by atoms with E-state index in [1.54, 1.807) is 0 Å². The van der Waals surface area contributed by atoms with Crippen LogP contribution in [0.25, 0.3) is 0 Å². The van der Waals surface area contributed by atoms with Gasteiger partial charge < -0.3 is 14.6 Å². The van der Waals surface area contributed by atoms with Crippen LogP contribution in [0.5, 0.6) is 0 Å². The highest BCUT2D eigenvalue weighted by Crippen LogP contribution is 2.35. The van der Waals surface area contributed by atoms with Crippen LogP contribution in [0.4, 0.5) is 0 Å². The Morgan fingerprint density at radius 2 is 1.95 bits per heavy atom. The SMILES string of the molecule is COC1CN(S(=O)(=O)c2cc(CO)sc2Br)CC1OC. The molecule has 1 aromatic rings. The minimum atomic E-state index is -3.62. The molecule has 0 radical (unpaired) electrons. The number of methoxy groups -OCH3 is 2. The molecule has 1 fully saturated rings. The predicted molar refractivity (Wildman–Crippen MR) is 78.3 cm³/mol. The van der Waals surface area contributed by atoms with Gasteiger partial charge in [0.25, 0.3) is 0 Å². The summed E-state index contributed by atoms with van der Waals surface area (Å²) in [5, 5.41) is 9.11. The van der Waals surface area contributed by atoms with Crippen molar-refractivity contribution in [1.29, 1.82) is 0 Å². The van der Waals surface area contributed by atoms with Crippen molar-refractivity contribution in [3.8, 4) is 0 Å². The average Bonchev–Trinajstić information content (AvgIpc) is 3.01. The molecule has 1 aliphatic rings. The number of rotatable bonds is 5. The van der Waals surface area contributed by atoms with Gasteiger partial charge >= 0.3 is 0 Å². The van der Waals surface area contributed by atoms with E-state index in [0.29, 0.717) is 8.66 Å². The van der Waals surface area contributed by atoms with Gasteiger partial charge in [0.05, 0.1) is 22.6 Å². The molecule has 2 heterocycles. The molecular formula is C11H16BrNO5S2. The molecule has 1 aliphatic heterocycles. The van der Waals surface area contributed by atoms with E-state index in [1.165, 1.54) is 35.9 Å². The zero-order valence-corrected chi connectivity index (χ0v) is 14.3. The molecule has 1 aromatic heterocycles. The maximum Gasteiger partial charge on any atom is 0.245 e. The molecule has 0 saturated carbocycles. The molecule has 9 heteroatoms. The molecule has 114 valence electrons. The van der Waals surface area contributed by atoms with Crippen LogP contribution >= 0.6 is 27.3 Å². The maximum absolute atomic E-state index is 12.6. The fraction of sp³-hybridized carbons (Fsp3) is 0.636. The van der Waals surface area contributed by atoms with Crippen LogP contribution in [0, 0.1) is 0 Å². The molecule has 0 bridgehead atoms. The number of aliphatic hydroxyl groups excluding tert-OH is 1. The molecule has 2 unspecified atom stereocenters. The van der Waals surface area contributed by atoms with E-state index in [1.807, 2.05) is 0 Å². The number of thiophene rings is 1.